The lowest BCUT2D eigenvalue weighted by Gasteiger charge is -2.37. The number of halogens is 1. The Bertz CT molecular complexity index is 595. The minimum atomic E-state index is -0.581. The summed E-state index contributed by atoms with van der Waals surface area (Å²) in [4.78, 5) is 24.9. The number of benzene rings is 1. The van der Waals surface area contributed by atoms with Gasteiger partial charge in [0.2, 0.25) is 5.91 Å². The van der Waals surface area contributed by atoms with Crippen LogP contribution in [0.3, 0.4) is 0 Å². The highest BCUT2D eigenvalue weighted by atomic mass is 35.5. The third-order valence-corrected chi connectivity index (χ3v) is 3.73. The number of ether oxygens (including phenoxy) is 2. The second kappa shape index (κ2) is 8.38. The van der Waals surface area contributed by atoms with Gasteiger partial charge < -0.3 is 14.4 Å². The first-order valence-corrected chi connectivity index (χ1v) is 8.23. The third-order valence-electron chi connectivity index (χ3n) is 3.42. The maximum absolute atomic E-state index is 11.9. The Morgan fingerprint density at radius 3 is 2.38 bits per heavy atom. The maximum atomic E-state index is 11.9. The number of rotatable bonds is 6. The Hall–Kier alpha value is -1.75. The van der Waals surface area contributed by atoms with Gasteiger partial charge in [-0.05, 0) is 45.4 Å². The van der Waals surface area contributed by atoms with E-state index < -0.39 is 12.1 Å². The van der Waals surface area contributed by atoms with Crippen molar-refractivity contribution in [3.63, 3.8) is 0 Å². The molecule has 1 aromatic carbocycles. The standard InChI is InChI=1S/C18H26ClNO4/c1-12-7-8-16(19)17(9-12)23-11-15(24-14(3)22)10-20(13(2)21)18(4,5)6/h7-9,15H,10-11H2,1-6H3. The van der Waals surface area contributed by atoms with Crippen LogP contribution in [0.5, 0.6) is 5.75 Å². The van der Waals surface area contributed by atoms with E-state index in [1.807, 2.05) is 39.8 Å². The van der Waals surface area contributed by atoms with Crippen LogP contribution in [-0.2, 0) is 14.3 Å². The van der Waals surface area contributed by atoms with Crippen LogP contribution in [0.4, 0.5) is 0 Å². The van der Waals surface area contributed by atoms with E-state index >= 15 is 0 Å². The van der Waals surface area contributed by atoms with Crippen LogP contribution in [-0.4, -0.2) is 41.6 Å². The van der Waals surface area contributed by atoms with E-state index in [1.165, 1.54) is 13.8 Å². The van der Waals surface area contributed by atoms with Crippen LogP contribution in [0.15, 0.2) is 18.2 Å². The van der Waals surface area contributed by atoms with E-state index in [-0.39, 0.29) is 24.6 Å². The Labute approximate surface area is 148 Å². The molecule has 0 N–H and O–H groups in total. The molecule has 1 amide bonds. The lowest BCUT2D eigenvalue weighted by molar-refractivity contribution is -0.153. The van der Waals surface area contributed by atoms with E-state index in [0.29, 0.717) is 10.8 Å². The first-order valence-electron chi connectivity index (χ1n) is 7.85. The number of carbonyl (C=O) groups excluding carboxylic acids is 2. The summed E-state index contributed by atoms with van der Waals surface area (Å²) in [6.45, 7) is 10.9. The Morgan fingerprint density at radius 2 is 1.88 bits per heavy atom. The summed E-state index contributed by atoms with van der Waals surface area (Å²) in [5.74, 6) is 0.0172. The Kier molecular flexibility index (Phi) is 7.08. The predicted octanol–water partition coefficient (Wildman–Crippen LogP) is 3.61. The summed E-state index contributed by atoms with van der Waals surface area (Å²) in [6.07, 6.45) is -0.581. The summed E-state index contributed by atoms with van der Waals surface area (Å²) in [5, 5.41) is 0.487. The Balaban J connectivity index is 2.87. The Morgan fingerprint density at radius 1 is 1.25 bits per heavy atom. The molecule has 5 nitrogen and oxygen atoms in total. The summed E-state index contributed by atoms with van der Waals surface area (Å²) >= 11 is 6.12. The fraction of sp³-hybridized carbons (Fsp3) is 0.556. The van der Waals surface area contributed by atoms with Crippen molar-refractivity contribution in [3.8, 4) is 5.75 Å². The smallest absolute Gasteiger partial charge is 0.303 e. The van der Waals surface area contributed by atoms with E-state index in [0.717, 1.165) is 5.56 Å². The molecule has 0 fully saturated rings. The van der Waals surface area contributed by atoms with E-state index in [2.05, 4.69) is 0 Å². The monoisotopic (exact) mass is 355 g/mol. The van der Waals surface area contributed by atoms with Gasteiger partial charge in [0.05, 0.1) is 11.6 Å². The molecule has 0 aliphatic rings. The molecule has 0 spiro atoms. The summed E-state index contributed by atoms with van der Waals surface area (Å²) in [6, 6.07) is 5.46. The molecule has 1 aromatic rings. The van der Waals surface area contributed by atoms with Crippen LogP contribution in [0, 0.1) is 6.92 Å². The first kappa shape index (κ1) is 20.3. The maximum Gasteiger partial charge on any atom is 0.303 e. The van der Waals surface area contributed by atoms with Crippen molar-refractivity contribution in [2.24, 2.45) is 0 Å². The number of amides is 1. The normalized spacial score (nSPS) is 12.5. The number of hydrogen-bond acceptors (Lipinski definition) is 4. The minimum absolute atomic E-state index is 0.0896. The van der Waals surface area contributed by atoms with Gasteiger partial charge in [0, 0.05) is 19.4 Å². The van der Waals surface area contributed by atoms with Gasteiger partial charge in [-0.3, -0.25) is 9.59 Å². The van der Waals surface area contributed by atoms with Gasteiger partial charge in [0.15, 0.2) is 6.10 Å². The molecule has 0 aromatic heterocycles. The molecular weight excluding hydrogens is 330 g/mol. The van der Waals surface area contributed by atoms with Gasteiger partial charge in [-0.25, -0.2) is 0 Å². The molecule has 0 radical (unpaired) electrons. The number of esters is 1. The molecule has 1 unspecified atom stereocenters. The zero-order valence-electron chi connectivity index (χ0n) is 15.2. The van der Waals surface area contributed by atoms with Gasteiger partial charge in [-0.2, -0.15) is 0 Å². The lowest BCUT2D eigenvalue weighted by atomic mass is 10.1. The summed E-state index contributed by atoms with van der Waals surface area (Å²) in [7, 11) is 0. The van der Waals surface area contributed by atoms with Crippen LogP contribution in [0.2, 0.25) is 5.02 Å². The third kappa shape index (κ3) is 6.40. The molecule has 1 atom stereocenters. The highest BCUT2D eigenvalue weighted by Crippen LogP contribution is 2.25. The zero-order chi connectivity index (χ0) is 18.5. The molecule has 0 saturated heterocycles. The SMILES string of the molecule is CC(=O)OC(COc1cc(C)ccc1Cl)CN(C(C)=O)C(C)(C)C. The molecule has 0 heterocycles. The number of aryl methyl sites for hydroxylation is 1. The summed E-state index contributed by atoms with van der Waals surface area (Å²) < 4.78 is 11.0. The quantitative estimate of drug-likeness (QED) is 0.731. The molecule has 0 aliphatic carbocycles. The number of hydrogen-bond donors (Lipinski definition) is 0. The van der Waals surface area contributed by atoms with Gasteiger partial charge in [0.1, 0.15) is 12.4 Å². The molecular formula is C18H26ClNO4. The average Bonchev–Trinajstić information content (AvgIpc) is 2.42. The summed E-state index contributed by atoms with van der Waals surface area (Å²) in [5.41, 5.74) is 0.629. The molecule has 6 heteroatoms. The number of nitrogens with zero attached hydrogens (tertiary/aromatic N) is 1. The van der Waals surface area contributed by atoms with Crippen molar-refractivity contribution >= 4 is 23.5 Å². The van der Waals surface area contributed by atoms with Crippen molar-refractivity contribution in [2.45, 2.75) is 53.2 Å². The van der Waals surface area contributed by atoms with Gasteiger partial charge >= 0.3 is 5.97 Å². The topological polar surface area (TPSA) is 55.8 Å². The van der Waals surface area contributed by atoms with Crippen LogP contribution in [0.25, 0.3) is 0 Å². The second-order valence-corrected chi connectivity index (χ2v) is 7.18. The van der Waals surface area contributed by atoms with Crippen molar-refractivity contribution in [1.29, 1.82) is 0 Å². The fourth-order valence-electron chi connectivity index (χ4n) is 2.34. The molecule has 134 valence electrons. The van der Waals surface area contributed by atoms with Crippen molar-refractivity contribution in [3.05, 3.63) is 28.8 Å². The first-order chi connectivity index (χ1) is 11.0. The van der Waals surface area contributed by atoms with Crippen LogP contribution < -0.4 is 4.74 Å². The van der Waals surface area contributed by atoms with Crippen molar-refractivity contribution in [2.75, 3.05) is 13.2 Å². The van der Waals surface area contributed by atoms with Gasteiger partial charge in [-0.1, -0.05) is 17.7 Å². The van der Waals surface area contributed by atoms with Gasteiger partial charge in [-0.15, -0.1) is 0 Å². The van der Waals surface area contributed by atoms with E-state index in [1.54, 1.807) is 11.0 Å². The largest absolute Gasteiger partial charge is 0.488 e. The number of carbonyl (C=O) groups is 2. The minimum Gasteiger partial charge on any atom is -0.488 e. The van der Waals surface area contributed by atoms with Crippen LogP contribution >= 0.6 is 11.6 Å². The average molecular weight is 356 g/mol. The zero-order valence-corrected chi connectivity index (χ0v) is 15.9. The molecule has 0 saturated carbocycles. The molecule has 0 aliphatic heterocycles. The van der Waals surface area contributed by atoms with E-state index in [9.17, 15) is 9.59 Å². The lowest BCUT2D eigenvalue weighted by Crippen LogP contribution is -2.50. The van der Waals surface area contributed by atoms with E-state index in [4.69, 9.17) is 21.1 Å². The fourth-order valence-corrected chi connectivity index (χ4v) is 2.51. The van der Waals surface area contributed by atoms with Gasteiger partial charge in [0.25, 0.3) is 0 Å². The predicted molar refractivity (Wildman–Crippen MR) is 94.4 cm³/mol. The van der Waals surface area contributed by atoms with Crippen molar-refractivity contribution < 1.29 is 19.1 Å². The van der Waals surface area contributed by atoms with Crippen molar-refractivity contribution in [1.82, 2.24) is 4.90 Å². The highest BCUT2D eigenvalue weighted by Gasteiger charge is 2.28. The molecule has 24 heavy (non-hydrogen) atoms. The highest BCUT2D eigenvalue weighted by molar-refractivity contribution is 6.32. The molecule has 1 rings (SSSR count). The molecule has 0 bridgehead atoms. The second-order valence-electron chi connectivity index (χ2n) is 6.78. The van der Waals surface area contributed by atoms with Crippen LogP contribution in [0.1, 0.15) is 40.2 Å².